The quantitative estimate of drug-likeness (QED) is 0.247. The fraction of sp³-hybridized carbons (Fsp3) is 0.561. The first-order valence-corrected chi connectivity index (χ1v) is 18.1. The van der Waals surface area contributed by atoms with Gasteiger partial charge in [-0.2, -0.15) is 0 Å². The van der Waals surface area contributed by atoms with Crippen molar-refractivity contribution >= 4 is 45.9 Å². The predicted octanol–water partition coefficient (Wildman–Crippen LogP) is 8.27. The van der Waals surface area contributed by atoms with Crippen LogP contribution in [0.3, 0.4) is 0 Å². The normalized spacial score (nSPS) is 36.8. The van der Waals surface area contributed by atoms with Crippen molar-refractivity contribution in [2.75, 3.05) is 9.80 Å². The molecule has 226 valence electrons. The third-order valence-electron chi connectivity index (χ3n) is 15.2. The first-order valence-electron chi connectivity index (χ1n) is 18.1. The Morgan fingerprint density at radius 1 is 0.591 bits per heavy atom. The number of hydrogen-bond donors (Lipinski definition) is 0. The summed E-state index contributed by atoms with van der Waals surface area (Å²) in [5.41, 5.74) is 19.1. The van der Waals surface area contributed by atoms with Gasteiger partial charge in [0.15, 0.2) is 0 Å². The number of fused-ring (bicyclic) bond motifs is 11. The van der Waals surface area contributed by atoms with E-state index >= 15 is 0 Å². The highest BCUT2D eigenvalue weighted by Crippen LogP contribution is 2.66. The van der Waals surface area contributed by atoms with E-state index in [1.54, 1.807) is 38.9 Å². The van der Waals surface area contributed by atoms with E-state index in [1.165, 1.54) is 92.3 Å². The van der Waals surface area contributed by atoms with Gasteiger partial charge in [0.25, 0.3) is 6.71 Å². The zero-order valence-electron chi connectivity index (χ0n) is 28.2. The van der Waals surface area contributed by atoms with E-state index in [-0.39, 0.29) is 21.9 Å². The van der Waals surface area contributed by atoms with Crippen LogP contribution in [0, 0.1) is 32.6 Å². The van der Waals surface area contributed by atoms with Crippen molar-refractivity contribution in [2.45, 2.75) is 135 Å². The van der Waals surface area contributed by atoms with E-state index < -0.39 is 0 Å². The largest absolute Gasteiger partial charge is 0.335 e. The Morgan fingerprint density at radius 2 is 1.11 bits per heavy atom. The van der Waals surface area contributed by atoms with Crippen LogP contribution in [-0.2, 0) is 10.8 Å². The molecular weight excluding hydrogens is 531 g/mol. The number of rotatable bonds is 0. The molecular formula is C41H49BN2. The number of anilines is 4. The van der Waals surface area contributed by atoms with Crippen LogP contribution in [0.15, 0.2) is 36.4 Å². The summed E-state index contributed by atoms with van der Waals surface area (Å²) in [4.78, 5) is 5.88. The van der Waals surface area contributed by atoms with E-state index in [0.29, 0.717) is 6.71 Å². The third-order valence-corrected chi connectivity index (χ3v) is 15.2. The first-order chi connectivity index (χ1) is 21.0. The van der Waals surface area contributed by atoms with Crippen LogP contribution in [0.1, 0.15) is 120 Å². The van der Waals surface area contributed by atoms with Gasteiger partial charge in [0.05, 0.1) is 11.1 Å². The SMILES string of the molecule is Cc1cc2c3c(c1)N1c4c(cc(C)cc4C4(C)CC5CCCCC5CC14C)B3c1cc(C)cc3c1N2C1(C)CCCCC31C. The van der Waals surface area contributed by atoms with Crippen LogP contribution in [0.25, 0.3) is 0 Å². The molecule has 10 rings (SSSR count). The molecule has 4 heterocycles. The molecule has 0 saturated heterocycles. The van der Waals surface area contributed by atoms with Crippen LogP contribution in [0.5, 0.6) is 0 Å². The van der Waals surface area contributed by atoms with Crippen LogP contribution < -0.4 is 26.2 Å². The maximum atomic E-state index is 2.96. The molecule has 44 heavy (non-hydrogen) atoms. The van der Waals surface area contributed by atoms with Gasteiger partial charge in [-0.15, -0.1) is 0 Å². The predicted molar refractivity (Wildman–Crippen MR) is 187 cm³/mol. The van der Waals surface area contributed by atoms with Crippen LogP contribution >= 0.6 is 0 Å². The van der Waals surface area contributed by atoms with E-state index in [2.05, 4.69) is 94.7 Å². The zero-order chi connectivity index (χ0) is 30.1. The lowest BCUT2D eigenvalue weighted by Gasteiger charge is -2.57. The van der Waals surface area contributed by atoms with Crippen molar-refractivity contribution in [3.05, 3.63) is 64.2 Å². The fourth-order valence-corrected chi connectivity index (χ4v) is 12.9. The molecule has 0 bridgehead atoms. The van der Waals surface area contributed by atoms with Gasteiger partial charge in [-0.25, -0.2) is 0 Å². The molecule has 0 N–H and O–H groups in total. The molecule has 7 aliphatic rings. The summed E-state index contributed by atoms with van der Waals surface area (Å²) in [6.07, 6.45) is 13.6. The summed E-state index contributed by atoms with van der Waals surface area (Å²) >= 11 is 0. The molecule has 6 atom stereocenters. The molecule has 2 nitrogen and oxygen atoms in total. The first kappa shape index (κ1) is 26.5. The second kappa shape index (κ2) is 7.99. The molecule has 3 aromatic carbocycles. The van der Waals surface area contributed by atoms with Crippen molar-refractivity contribution in [3.8, 4) is 0 Å². The van der Waals surface area contributed by atoms with Gasteiger partial charge in [-0.1, -0.05) is 87.8 Å². The molecule has 0 aromatic heterocycles. The lowest BCUT2D eigenvalue weighted by atomic mass is 9.33. The summed E-state index contributed by atoms with van der Waals surface area (Å²) < 4.78 is 0. The van der Waals surface area contributed by atoms with Crippen molar-refractivity contribution < 1.29 is 0 Å². The van der Waals surface area contributed by atoms with Gasteiger partial charge < -0.3 is 9.80 Å². The lowest BCUT2D eigenvalue weighted by molar-refractivity contribution is 0.0581. The standard InChI is InChI=1S/C41H49BN2/c1-24-16-29-36-31(18-24)42-32-19-25(2)17-30-37(32)44(41(7)23-28-13-9-8-12-27(28)22-39(30,41)5)34-21-26(3)20-33(35(34)42)43(36)40(6)15-11-10-14-38(29,40)4/h16-21,27-28H,8-15,22-23H2,1-7H3. The second-order valence-corrected chi connectivity index (χ2v) is 17.5. The smallest absolute Gasteiger partial charge is 0.252 e. The zero-order valence-corrected chi connectivity index (χ0v) is 28.2. The van der Waals surface area contributed by atoms with Crippen molar-refractivity contribution in [3.63, 3.8) is 0 Å². The number of hydrogen-bond acceptors (Lipinski definition) is 2. The molecule has 6 unspecified atom stereocenters. The Bertz CT molecular complexity index is 1820. The van der Waals surface area contributed by atoms with Crippen molar-refractivity contribution in [1.29, 1.82) is 0 Å². The average molecular weight is 581 g/mol. The Kier molecular flexibility index (Phi) is 4.82. The Morgan fingerprint density at radius 3 is 1.75 bits per heavy atom. The van der Waals surface area contributed by atoms with Gasteiger partial charge >= 0.3 is 0 Å². The van der Waals surface area contributed by atoms with Crippen LogP contribution in [0.2, 0.25) is 0 Å². The van der Waals surface area contributed by atoms with Gasteiger partial charge in [-0.05, 0) is 117 Å². The summed E-state index contributed by atoms with van der Waals surface area (Å²) in [5, 5.41) is 0. The minimum Gasteiger partial charge on any atom is -0.335 e. The number of aryl methyl sites for hydroxylation is 3. The maximum Gasteiger partial charge on any atom is 0.252 e. The summed E-state index contributed by atoms with van der Waals surface area (Å²) in [6.45, 7) is 18.0. The average Bonchev–Trinajstić information content (AvgIpc) is 3.31. The monoisotopic (exact) mass is 580 g/mol. The van der Waals surface area contributed by atoms with E-state index in [1.807, 2.05) is 0 Å². The summed E-state index contributed by atoms with van der Waals surface area (Å²) in [5.74, 6) is 1.75. The fourth-order valence-electron chi connectivity index (χ4n) is 12.9. The van der Waals surface area contributed by atoms with E-state index in [4.69, 9.17) is 0 Å². The number of nitrogens with zero attached hydrogens (tertiary/aromatic N) is 2. The summed E-state index contributed by atoms with van der Waals surface area (Å²) in [6, 6.07) is 15.6. The highest BCUT2D eigenvalue weighted by atomic mass is 15.3. The van der Waals surface area contributed by atoms with Gasteiger partial charge in [0, 0.05) is 33.6 Å². The topological polar surface area (TPSA) is 6.48 Å². The van der Waals surface area contributed by atoms with Crippen molar-refractivity contribution in [2.24, 2.45) is 11.8 Å². The maximum absolute atomic E-state index is 2.96. The molecule has 3 fully saturated rings. The third kappa shape index (κ3) is 2.73. The van der Waals surface area contributed by atoms with Crippen LogP contribution in [-0.4, -0.2) is 17.8 Å². The highest BCUT2D eigenvalue weighted by Gasteiger charge is 2.66. The van der Waals surface area contributed by atoms with E-state index in [0.717, 1.165) is 11.8 Å². The van der Waals surface area contributed by atoms with Gasteiger partial charge in [0.2, 0.25) is 0 Å². The minimum absolute atomic E-state index is 0.0925. The number of benzene rings is 3. The summed E-state index contributed by atoms with van der Waals surface area (Å²) in [7, 11) is 0. The Labute approximate surface area is 265 Å². The van der Waals surface area contributed by atoms with Crippen LogP contribution in [0.4, 0.5) is 22.7 Å². The highest BCUT2D eigenvalue weighted by molar-refractivity contribution is 7.00. The van der Waals surface area contributed by atoms with Crippen molar-refractivity contribution in [1.82, 2.24) is 0 Å². The molecule has 3 aromatic rings. The molecule has 0 spiro atoms. The second-order valence-electron chi connectivity index (χ2n) is 17.5. The molecule has 4 aliphatic heterocycles. The molecule has 0 amide bonds. The Hall–Kier alpha value is -2.68. The minimum atomic E-state index is 0.0925. The van der Waals surface area contributed by atoms with Gasteiger partial charge in [-0.3, -0.25) is 0 Å². The lowest BCUT2D eigenvalue weighted by Crippen LogP contribution is -2.67. The Balaban J connectivity index is 1.32. The molecule has 3 aliphatic carbocycles. The van der Waals surface area contributed by atoms with E-state index in [9.17, 15) is 0 Å². The van der Waals surface area contributed by atoms with Gasteiger partial charge in [0.1, 0.15) is 0 Å². The molecule has 3 heteroatoms. The molecule has 3 saturated carbocycles. The molecule has 0 radical (unpaired) electrons.